The lowest BCUT2D eigenvalue weighted by atomic mass is 9.94. The molecule has 0 aliphatic heterocycles. The number of aromatic nitrogens is 3. The third kappa shape index (κ3) is 4.32. The number of fused-ring (bicyclic) bond motifs is 10. The lowest BCUT2D eigenvalue weighted by molar-refractivity contribution is 0.651. The summed E-state index contributed by atoms with van der Waals surface area (Å²) in [4.78, 5) is 10.7. The number of nitrogens with zero attached hydrogens (tertiary/aromatic N) is 3. The Hall–Kier alpha value is -6.56. The van der Waals surface area contributed by atoms with Crippen LogP contribution in [0.3, 0.4) is 0 Å². The van der Waals surface area contributed by atoms with Crippen molar-refractivity contribution in [3.05, 3.63) is 164 Å². The summed E-state index contributed by atoms with van der Waals surface area (Å²) in [6.07, 6.45) is 0. The molecule has 5 heteroatoms. The highest BCUT2D eigenvalue weighted by Crippen LogP contribution is 2.44. The molecule has 238 valence electrons. The standard InChI is InChI=1S/C46H27N3OS/c1-3-13-28(14-4-1)30-25-31(29-15-5-2-6-16-29)27-32(26-30)43-42-36-19-8-11-21-39(36)50-45(42)48-46(47-43)49-37-20-10-7-18-35(37)41-38(49)24-23-34-33-17-9-12-22-40(33)51-44(34)41/h1-27H. The highest BCUT2D eigenvalue weighted by Gasteiger charge is 2.23. The average Bonchev–Trinajstić information content (AvgIpc) is 3.87. The van der Waals surface area contributed by atoms with E-state index in [4.69, 9.17) is 14.4 Å². The zero-order valence-corrected chi connectivity index (χ0v) is 28.1. The van der Waals surface area contributed by atoms with Gasteiger partial charge in [-0.25, -0.2) is 4.98 Å². The van der Waals surface area contributed by atoms with Gasteiger partial charge in [0.05, 0.1) is 22.1 Å². The fraction of sp³-hybridized carbons (Fsp3) is 0. The van der Waals surface area contributed by atoms with Crippen molar-refractivity contribution in [2.24, 2.45) is 0 Å². The molecule has 4 heterocycles. The van der Waals surface area contributed by atoms with E-state index in [1.807, 2.05) is 29.5 Å². The summed E-state index contributed by atoms with van der Waals surface area (Å²) in [7, 11) is 0. The molecule has 0 radical (unpaired) electrons. The van der Waals surface area contributed by atoms with E-state index in [0.29, 0.717) is 11.7 Å². The Bertz CT molecular complexity index is 3080. The van der Waals surface area contributed by atoms with Crippen molar-refractivity contribution >= 4 is 75.4 Å². The van der Waals surface area contributed by atoms with Gasteiger partial charge in [-0.3, -0.25) is 4.57 Å². The normalized spacial score (nSPS) is 11.9. The summed E-state index contributed by atoms with van der Waals surface area (Å²) < 4.78 is 11.3. The lowest BCUT2D eigenvalue weighted by Crippen LogP contribution is -2.03. The SMILES string of the molecule is c1ccc(-c2cc(-c3ccccc3)cc(-c3nc(-n4c5ccccc5c5c6sc7ccccc7c6ccc54)nc4oc5ccccc5c34)c2)cc1. The number of thiophene rings is 1. The molecule has 11 rings (SSSR count). The number of hydrogen-bond donors (Lipinski definition) is 0. The van der Waals surface area contributed by atoms with E-state index in [1.54, 1.807) is 0 Å². The van der Waals surface area contributed by atoms with E-state index in [-0.39, 0.29) is 0 Å². The molecule has 0 amide bonds. The Balaban J connectivity index is 1.25. The molecule has 0 saturated carbocycles. The van der Waals surface area contributed by atoms with Crippen LogP contribution in [0.15, 0.2) is 168 Å². The molecule has 0 aliphatic carbocycles. The average molecular weight is 670 g/mol. The first kappa shape index (κ1) is 28.3. The summed E-state index contributed by atoms with van der Waals surface area (Å²) in [6.45, 7) is 0. The molecule has 0 aliphatic rings. The third-order valence-corrected chi connectivity index (χ3v) is 11.2. The maximum atomic E-state index is 6.55. The first-order valence-corrected chi connectivity index (χ1v) is 17.9. The van der Waals surface area contributed by atoms with Gasteiger partial charge in [0.2, 0.25) is 11.7 Å². The highest BCUT2D eigenvalue weighted by atomic mass is 32.1. The fourth-order valence-electron chi connectivity index (χ4n) is 7.73. The Kier molecular flexibility index (Phi) is 6.09. The summed E-state index contributed by atoms with van der Waals surface area (Å²) in [5.74, 6) is 0.578. The van der Waals surface area contributed by atoms with Crippen molar-refractivity contribution < 1.29 is 4.42 Å². The van der Waals surface area contributed by atoms with Crippen LogP contribution in [0.25, 0.3) is 104 Å². The summed E-state index contributed by atoms with van der Waals surface area (Å²) in [5.41, 5.74) is 9.86. The predicted octanol–water partition coefficient (Wildman–Crippen LogP) is 12.8. The van der Waals surface area contributed by atoms with Crippen LogP contribution in [0.2, 0.25) is 0 Å². The topological polar surface area (TPSA) is 43.9 Å². The Morgan fingerprint density at radius 2 is 1.08 bits per heavy atom. The molecule has 0 bridgehead atoms. The Morgan fingerprint density at radius 1 is 0.451 bits per heavy atom. The molecule has 0 atom stereocenters. The number of furan rings is 1. The van der Waals surface area contributed by atoms with Crippen molar-refractivity contribution in [3.63, 3.8) is 0 Å². The van der Waals surface area contributed by atoms with Crippen molar-refractivity contribution in [1.82, 2.24) is 14.5 Å². The second-order valence-electron chi connectivity index (χ2n) is 13.0. The molecular weight excluding hydrogens is 643 g/mol. The van der Waals surface area contributed by atoms with Crippen LogP contribution in [0, 0.1) is 0 Å². The monoisotopic (exact) mass is 669 g/mol. The number of benzene rings is 7. The van der Waals surface area contributed by atoms with Crippen LogP contribution in [0.1, 0.15) is 0 Å². The first-order valence-electron chi connectivity index (χ1n) is 17.1. The minimum atomic E-state index is 0.566. The van der Waals surface area contributed by atoms with Crippen molar-refractivity contribution in [1.29, 1.82) is 0 Å². The molecule has 0 unspecified atom stereocenters. The zero-order chi connectivity index (χ0) is 33.5. The Morgan fingerprint density at radius 3 is 1.84 bits per heavy atom. The highest BCUT2D eigenvalue weighted by molar-refractivity contribution is 7.26. The van der Waals surface area contributed by atoms with E-state index in [2.05, 4.69) is 150 Å². The first-order chi connectivity index (χ1) is 25.3. The molecule has 4 aromatic heterocycles. The smallest absolute Gasteiger partial charge is 0.238 e. The summed E-state index contributed by atoms with van der Waals surface area (Å²) >= 11 is 1.85. The molecule has 0 saturated heterocycles. The van der Waals surface area contributed by atoms with E-state index in [1.165, 1.54) is 30.9 Å². The molecule has 0 fully saturated rings. The lowest BCUT2D eigenvalue weighted by Gasteiger charge is -2.13. The number of hydrogen-bond acceptors (Lipinski definition) is 4. The van der Waals surface area contributed by atoms with Crippen LogP contribution in [-0.2, 0) is 0 Å². The van der Waals surface area contributed by atoms with Crippen LogP contribution >= 0.6 is 11.3 Å². The van der Waals surface area contributed by atoms with Crippen LogP contribution < -0.4 is 0 Å². The van der Waals surface area contributed by atoms with Crippen molar-refractivity contribution in [3.8, 4) is 39.5 Å². The van der Waals surface area contributed by atoms with Gasteiger partial charge in [0.1, 0.15) is 5.58 Å². The van der Waals surface area contributed by atoms with Crippen molar-refractivity contribution in [2.75, 3.05) is 0 Å². The van der Waals surface area contributed by atoms with Gasteiger partial charge in [-0.15, -0.1) is 11.3 Å². The molecule has 7 aromatic carbocycles. The van der Waals surface area contributed by atoms with Gasteiger partial charge in [-0.1, -0.05) is 121 Å². The molecular formula is C46H27N3OS. The predicted molar refractivity (Wildman–Crippen MR) is 213 cm³/mol. The van der Waals surface area contributed by atoms with Gasteiger partial charge in [-0.2, -0.15) is 4.98 Å². The van der Waals surface area contributed by atoms with E-state index in [0.717, 1.165) is 60.9 Å². The van der Waals surface area contributed by atoms with Gasteiger partial charge >= 0.3 is 0 Å². The fourth-order valence-corrected chi connectivity index (χ4v) is 8.99. The second-order valence-corrected chi connectivity index (χ2v) is 14.0. The van der Waals surface area contributed by atoms with Gasteiger partial charge in [0.15, 0.2) is 0 Å². The largest absolute Gasteiger partial charge is 0.437 e. The molecule has 0 spiro atoms. The summed E-state index contributed by atoms with van der Waals surface area (Å²) in [6, 6.07) is 57.8. The van der Waals surface area contributed by atoms with Gasteiger partial charge in [0, 0.05) is 41.9 Å². The maximum Gasteiger partial charge on any atom is 0.238 e. The summed E-state index contributed by atoms with van der Waals surface area (Å²) in [5, 5.41) is 6.85. The van der Waals surface area contributed by atoms with Crippen LogP contribution in [0.5, 0.6) is 0 Å². The minimum Gasteiger partial charge on any atom is -0.437 e. The van der Waals surface area contributed by atoms with Gasteiger partial charge in [0.25, 0.3) is 0 Å². The van der Waals surface area contributed by atoms with Crippen LogP contribution in [0.4, 0.5) is 0 Å². The van der Waals surface area contributed by atoms with E-state index < -0.39 is 0 Å². The number of para-hydroxylation sites is 2. The maximum absolute atomic E-state index is 6.55. The van der Waals surface area contributed by atoms with E-state index in [9.17, 15) is 0 Å². The Labute approximate surface area is 296 Å². The molecule has 51 heavy (non-hydrogen) atoms. The van der Waals surface area contributed by atoms with Crippen LogP contribution in [-0.4, -0.2) is 14.5 Å². The van der Waals surface area contributed by atoms with Gasteiger partial charge in [-0.05, 0) is 64.7 Å². The molecule has 11 aromatic rings. The molecule has 0 N–H and O–H groups in total. The number of rotatable bonds is 4. The third-order valence-electron chi connectivity index (χ3n) is 10.0. The van der Waals surface area contributed by atoms with Gasteiger partial charge < -0.3 is 4.42 Å². The zero-order valence-electron chi connectivity index (χ0n) is 27.2. The van der Waals surface area contributed by atoms with E-state index >= 15 is 0 Å². The quantitative estimate of drug-likeness (QED) is 0.187. The minimum absolute atomic E-state index is 0.566. The molecule has 4 nitrogen and oxygen atoms in total. The second kappa shape index (κ2) is 11.0. The van der Waals surface area contributed by atoms with Crippen molar-refractivity contribution in [2.45, 2.75) is 0 Å².